The molecule has 0 aliphatic carbocycles. The van der Waals surface area contributed by atoms with E-state index in [-0.39, 0.29) is 4.90 Å². The molecule has 3 rings (SSSR count). The molecule has 3 nitrogen and oxygen atoms in total. The van der Waals surface area contributed by atoms with E-state index in [0.717, 1.165) is 21.2 Å². The molecule has 0 heterocycles. The quantitative estimate of drug-likeness (QED) is 0.648. The molecule has 0 fully saturated rings. The Morgan fingerprint density at radius 2 is 1.36 bits per heavy atom. The molecule has 3 aromatic rings. The van der Waals surface area contributed by atoms with Crippen LogP contribution in [0.2, 0.25) is 0 Å². The summed E-state index contributed by atoms with van der Waals surface area (Å²) in [6, 6.07) is 23.6. The maximum Gasteiger partial charge on any atom is 0.241 e. The van der Waals surface area contributed by atoms with Crippen LogP contribution in [0.1, 0.15) is 22.7 Å². The van der Waals surface area contributed by atoms with Gasteiger partial charge in [-0.3, -0.25) is 0 Å². The summed E-state index contributed by atoms with van der Waals surface area (Å²) in [5, 5.41) is 0. The number of hydrogen-bond acceptors (Lipinski definition) is 2. The first kappa shape index (κ1) is 17.9. The molecule has 25 heavy (non-hydrogen) atoms. The zero-order valence-electron chi connectivity index (χ0n) is 13.7. The van der Waals surface area contributed by atoms with E-state index < -0.39 is 16.1 Å². The summed E-state index contributed by atoms with van der Waals surface area (Å²) in [4.78, 5) is 0.240. The van der Waals surface area contributed by atoms with E-state index >= 15 is 0 Å². The third-order valence-corrected chi connectivity index (χ3v) is 5.91. The zero-order chi connectivity index (χ0) is 17.9. The molecule has 0 saturated carbocycles. The molecule has 0 radical (unpaired) electrons. The Balaban J connectivity index is 2.00. The Hall–Kier alpha value is -1.95. The summed E-state index contributed by atoms with van der Waals surface area (Å²) >= 11 is 3.33. The second-order valence-corrected chi connectivity index (χ2v) is 8.46. The van der Waals surface area contributed by atoms with Gasteiger partial charge in [-0.2, -0.15) is 4.72 Å². The summed E-state index contributed by atoms with van der Waals surface area (Å²) in [7, 11) is -3.65. The first-order chi connectivity index (χ1) is 12.0. The summed E-state index contributed by atoms with van der Waals surface area (Å²) in [5.41, 5.74) is 2.93. The molecule has 5 heteroatoms. The number of sulfonamides is 1. The summed E-state index contributed by atoms with van der Waals surface area (Å²) in [5.74, 6) is 0. The largest absolute Gasteiger partial charge is 0.241 e. The highest BCUT2D eigenvalue weighted by molar-refractivity contribution is 9.10. The lowest BCUT2D eigenvalue weighted by Crippen LogP contribution is -2.29. The van der Waals surface area contributed by atoms with Crippen molar-refractivity contribution in [1.82, 2.24) is 4.72 Å². The molecule has 0 amide bonds. The van der Waals surface area contributed by atoms with Gasteiger partial charge < -0.3 is 0 Å². The summed E-state index contributed by atoms with van der Waals surface area (Å²) in [6.07, 6.45) is 0. The average molecular weight is 416 g/mol. The van der Waals surface area contributed by atoms with E-state index in [1.54, 1.807) is 24.3 Å². The monoisotopic (exact) mass is 415 g/mol. The van der Waals surface area contributed by atoms with E-state index in [2.05, 4.69) is 20.7 Å². The molecule has 0 aliphatic heterocycles. The predicted octanol–water partition coefficient (Wildman–Crippen LogP) is 4.83. The van der Waals surface area contributed by atoms with Crippen molar-refractivity contribution >= 4 is 26.0 Å². The van der Waals surface area contributed by atoms with Crippen LogP contribution < -0.4 is 4.72 Å². The van der Waals surface area contributed by atoms with Crippen LogP contribution in [0, 0.1) is 6.92 Å². The van der Waals surface area contributed by atoms with Gasteiger partial charge in [0.2, 0.25) is 10.0 Å². The highest BCUT2D eigenvalue weighted by atomic mass is 79.9. The van der Waals surface area contributed by atoms with Crippen LogP contribution in [0.3, 0.4) is 0 Å². The molecule has 0 aliphatic rings. The molecule has 0 aromatic heterocycles. The fourth-order valence-corrected chi connectivity index (χ4v) is 4.05. The molecule has 128 valence electrons. The molecule has 0 bridgehead atoms. The molecule has 1 atom stereocenters. The van der Waals surface area contributed by atoms with Gasteiger partial charge in [0.25, 0.3) is 0 Å². The van der Waals surface area contributed by atoms with E-state index in [9.17, 15) is 8.42 Å². The Kier molecular flexibility index (Phi) is 5.37. The molecular weight excluding hydrogens is 398 g/mol. The molecule has 1 N–H and O–H groups in total. The molecular formula is C20H18BrNO2S. The van der Waals surface area contributed by atoms with E-state index in [1.807, 2.05) is 61.5 Å². The zero-order valence-corrected chi connectivity index (χ0v) is 16.1. The Morgan fingerprint density at radius 3 is 1.96 bits per heavy atom. The Labute approximate surface area is 156 Å². The van der Waals surface area contributed by atoms with Crippen molar-refractivity contribution in [3.8, 4) is 0 Å². The van der Waals surface area contributed by atoms with Gasteiger partial charge in [0.1, 0.15) is 0 Å². The van der Waals surface area contributed by atoms with E-state index in [0.29, 0.717) is 0 Å². The third kappa shape index (κ3) is 4.37. The lowest BCUT2D eigenvalue weighted by atomic mass is 9.99. The van der Waals surface area contributed by atoms with Crippen LogP contribution in [-0.4, -0.2) is 8.42 Å². The van der Waals surface area contributed by atoms with Crippen molar-refractivity contribution in [3.05, 3.63) is 100 Å². The number of halogens is 1. The van der Waals surface area contributed by atoms with Crippen molar-refractivity contribution in [3.63, 3.8) is 0 Å². The number of nitrogens with one attached hydrogen (secondary N) is 1. The topological polar surface area (TPSA) is 46.2 Å². The van der Waals surface area contributed by atoms with Crippen LogP contribution in [0.5, 0.6) is 0 Å². The average Bonchev–Trinajstić information content (AvgIpc) is 2.62. The normalized spacial score (nSPS) is 12.7. The van der Waals surface area contributed by atoms with Gasteiger partial charge in [0.05, 0.1) is 10.9 Å². The van der Waals surface area contributed by atoms with Crippen molar-refractivity contribution in [2.45, 2.75) is 17.9 Å². The summed E-state index contributed by atoms with van der Waals surface area (Å²) in [6.45, 7) is 2.01. The van der Waals surface area contributed by atoms with Crippen LogP contribution in [0.4, 0.5) is 0 Å². The number of benzene rings is 3. The van der Waals surface area contributed by atoms with Gasteiger partial charge in [-0.25, -0.2) is 8.42 Å². The predicted molar refractivity (Wildman–Crippen MR) is 104 cm³/mol. The highest BCUT2D eigenvalue weighted by Gasteiger charge is 2.22. The first-order valence-electron chi connectivity index (χ1n) is 7.85. The van der Waals surface area contributed by atoms with Crippen molar-refractivity contribution in [2.24, 2.45) is 0 Å². The number of aryl methyl sites for hydroxylation is 1. The maximum atomic E-state index is 12.8. The van der Waals surface area contributed by atoms with Crippen molar-refractivity contribution in [2.75, 3.05) is 0 Å². The highest BCUT2D eigenvalue weighted by Crippen LogP contribution is 2.25. The van der Waals surface area contributed by atoms with Gasteiger partial charge in [0, 0.05) is 4.47 Å². The van der Waals surface area contributed by atoms with Crippen molar-refractivity contribution < 1.29 is 8.42 Å². The Morgan fingerprint density at radius 1 is 0.800 bits per heavy atom. The van der Waals surface area contributed by atoms with Crippen LogP contribution in [-0.2, 0) is 10.0 Å². The molecule has 3 aromatic carbocycles. The Bertz CT molecular complexity index is 937. The lowest BCUT2D eigenvalue weighted by Gasteiger charge is -2.20. The second kappa shape index (κ2) is 7.52. The van der Waals surface area contributed by atoms with Crippen LogP contribution >= 0.6 is 15.9 Å². The van der Waals surface area contributed by atoms with Gasteiger partial charge >= 0.3 is 0 Å². The standard InChI is InChI=1S/C20H18BrNO2S/c1-15-7-9-17(10-8-15)20(16-5-3-2-4-6-16)22-25(23,24)19-13-11-18(21)12-14-19/h2-14,20,22H,1H3/t20-/m0/s1. The minimum Gasteiger partial charge on any atom is -0.207 e. The first-order valence-corrected chi connectivity index (χ1v) is 10.1. The summed E-state index contributed by atoms with van der Waals surface area (Å²) < 4.78 is 29.4. The fourth-order valence-electron chi connectivity index (χ4n) is 2.57. The van der Waals surface area contributed by atoms with Gasteiger partial charge in [-0.15, -0.1) is 0 Å². The van der Waals surface area contributed by atoms with Crippen molar-refractivity contribution in [1.29, 1.82) is 0 Å². The van der Waals surface area contributed by atoms with Crippen LogP contribution in [0.25, 0.3) is 0 Å². The van der Waals surface area contributed by atoms with Gasteiger partial charge in [0.15, 0.2) is 0 Å². The van der Waals surface area contributed by atoms with Gasteiger partial charge in [-0.1, -0.05) is 76.1 Å². The second-order valence-electron chi connectivity index (χ2n) is 5.83. The van der Waals surface area contributed by atoms with E-state index in [4.69, 9.17) is 0 Å². The van der Waals surface area contributed by atoms with Gasteiger partial charge in [-0.05, 0) is 42.3 Å². The number of rotatable bonds is 5. The SMILES string of the molecule is Cc1ccc([C@@H](NS(=O)(=O)c2ccc(Br)cc2)c2ccccc2)cc1. The third-order valence-electron chi connectivity index (χ3n) is 3.94. The maximum absolute atomic E-state index is 12.8. The molecule has 0 saturated heterocycles. The molecule has 0 unspecified atom stereocenters. The molecule has 0 spiro atoms. The fraction of sp³-hybridized carbons (Fsp3) is 0.100. The van der Waals surface area contributed by atoms with Crippen LogP contribution in [0.15, 0.2) is 88.2 Å². The van der Waals surface area contributed by atoms with E-state index in [1.165, 1.54) is 0 Å². The smallest absolute Gasteiger partial charge is 0.207 e. The number of hydrogen-bond donors (Lipinski definition) is 1. The lowest BCUT2D eigenvalue weighted by molar-refractivity contribution is 0.572. The minimum absolute atomic E-state index is 0.240. The minimum atomic E-state index is -3.65.